The van der Waals surface area contributed by atoms with Crippen LogP contribution in [0.1, 0.15) is 17.5 Å². The second kappa shape index (κ2) is 5.81. The van der Waals surface area contributed by atoms with Crippen molar-refractivity contribution in [2.45, 2.75) is 19.3 Å². The summed E-state index contributed by atoms with van der Waals surface area (Å²) in [5.41, 5.74) is 4.86. The van der Waals surface area contributed by atoms with Crippen LogP contribution in [0, 0.1) is 0 Å². The summed E-state index contributed by atoms with van der Waals surface area (Å²) in [6.07, 6.45) is 3.62. The van der Waals surface area contributed by atoms with Crippen molar-refractivity contribution in [1.29, 1.82) is 0 Å². The second-order valence-corrected chi connectivity index (χ2v) is 5.77. The molecule has 0 spiro atoms. The van der Waals surface area contributed by atoms with Gasteiger partial charge in [-0.2, -0.15) is 0 Å². The summed E-state index contributed by atoms with van der Waals surface area (Å²) in [5.74, 6) is 0. The molecule has 0 saturated carbocycles. The zero-order valence-corrected chi connectivity index (χ0v) is 12.5. The van der Waals surface area contributed by atoms with Crippen molar-refractivity contribution in [2.75, 3.05) is 10.6 Å². The molecule has 2 aromatic carbocycles. The molecule has 2 N–H and O–H groups in total. The van der Waals surface area contributed by atoms with E-state index in [-0.39, 0.29) is 0 Å². The number of rotatable bonds is 2. The highest BCUT2D eigenvalue weighted by atomic mass is 35.5. The van der Waals surface area contributed by atoms with E-state index < -0.39 is 0 Å². The third kappa shape index (κ3) is 3.11. The first-order valence-corrected chi connectivity index (χ1v) is 7.45. The van der Waals surface area contributed by atoms with Gasteiger partial charge in [0.1, 0.15) is 0 Å². The van der Waals surface area contributed by atoms with Crippen LogP contribution in [-0.4, -0.2) is 5.11 Å². The second-order valence-electron chi connectivity index (χ2n) is 4.92. The fourth-order valence-corrected chi connectivity index (χ4v) is 2.84. The summed E-state index contributed by atoms with van der Waals surface area (Å²) in [7, 11) is 0. The van der Waals surface area contributed by atoms with Crippen molar-refractivity contribution in [3.63, 3.8) is 0 Å². The van der Waals surface area contributed by atoms with Crippen LogP contribution < -0.4 is 10.6 Å². The van der Waals surface area contributed by atoms with Gasteiger partial charge < -0.3 is 10.6 Å². The normalized spacial score (nSPS) is 12.8. The van der Waals surface area contributed by atoms with E-state index in [4.69, 9.17) is 23.8 Å². The molecule has 0 aliphatic heterocycles. The minimum absolute atomic E-state index is 0.588. The monoisotopic (exact) mass is 302 g/mol. The fraction of sp³-hybridized carbons (Fsp3) is 0.188. The minimum atomic E-state index is 0.588. The van der Waals surface area contributed by atoms with Gasteiger partial charge in [0.25, 0.3) is 0 Å². The number of anilines is 2. The van der Waals surface area contributed by atoms with E-state index in [1.165, 1.54) is 30.4 Å². The van der Waals surface area contributed by atoms with Gasteiger partial charge in [0.05, 0.1) is 0 Å². The summed E-state index contributed by atoms with van der Waals surface area (Å²) in [6.45, 7) is 0. The summed E-state index contributed by atoms with van der Waals surface area (Å²) in [4.78, 5) is 0. The Hall–Kier alpha value is -1.58. The van der Waals surface area contributed by atoms with Crippen LogP contribution in [0.15, 0.2) is 42.5 Å². The van der Waals surface area contributed by atoms with E-state index in [9.17, 15) is 0 Å². The Bertz CT molecular complexity index is 637. The summed E-state index contributed by atoms with van der Waals surface area (Å²) in [5, 5.41) is 7.67. The lowest BCUT2D eigenvalue weighted by molar-refractivity contribution is 0.912. The number of benzene rings is 2. The van der Waals surface area contributed by atoms with E-state index in [0.29, 0.717) is 10.1 Å². The molecule has 20 heavy (non-hydrogen) atoms. The summed E-state index contributed by atoms with van der Waals surface area (Å²) < 4.78 is 0. The molecule has 2 aromatic rings. The predicted octanol–water partition coefficient (Wildman–Crippen LogP) is 4.64. The number of hydrogen-bond donors (Lipinski definition) is 2. The molecule has 0 aromatic heterocycles. The van der Waals surface area contributed by atoms with Crippen molar-refractivity contribution < 1.29 is 0 Å². The van der Waals surface area contributed by atoms with Gasteiger partial charge in [0.15, 0.2) is 5.11 Å². The molecule has 0 atom stereocenters. The summed E-state index contributed by atoms with van der Waals surface area (Å²) in [6, 6.07) is 13.9. The van der Waals surface area contributed by atoms with Gasteiger partial charge in [-0.25, -0.2) is 0 Å². The number of halogens is 1. The van der Waals surface area contributed by atoms with Crippen molar-refractivity contribution in [3.05, 3.63) is 58.6 Å². The van der Waals surface area contributed by atoms with E-state index >= 15 is 0 Å². The highest BCUT2D eigenvalue weighted by Crippen LogP contribution is 2.25. The van der Waals surface area contributed by atoms with Crippen molar-refractivity contribution in [3.8, 4) is 0 Å². The van der Waals surface area contributed by atoms with Crippen LogP contribution in [0.5, 0.6) is 0 Å². The van der Waals surface area contributed by atoms with E-state index in [1.807, 2.05) is 24.3 Å². The molecule has 0 bridgehead atoms. The maximum atomic E-state index is 5.86. The first-order chi connectivity index (χ1) is 9.70. The Balaban J connectivity index is 1.65. The quantitative estimate of drug-likeness (QED) is 0.790. The van der Waals surface area contributed by atoms with Gasteiger partial charge in [-0.3, -0.25) is 0 Å². The van der Waals surface area contributed by atoms with Crippen LogP contribution in [0.2, 0.25) is 5.02 Å². The zero-order valence-electron chi connectivity index (χ0n) is 10.9. The standard InChI is InChI=1S/C16H15ClN2S/c17-13-5-8-14(9-6-13)18-16(20)19-15-7-4-11-2-1-3-12(11)10-15/h4-10H,1-3H2,(H2,18,19,20). The lowest BCUT2D eigenvalue weighted by atomic mass is 10.1. The minimum Gasteiger partial charge on any atom is -0.332 e. The van der Waals surface area contributed by atoms with Crippen molar-refractivity contribution in [1.82, 2.24) is 0 Å². The molecule has 4 heteroatoms. The van der Waals surface area contributed by atoms with Crippen LogP contribution in [-0.2, 0) is 12.8 Å². The van der Waals surface area contributed by atoms with Gasteiger partial charge in [-0.05, 0) is 79.0 Å². The third-order valence-electron chi connectivity index (χ3n) is 3.46. The van der Waals surface area contributed by atoms with Crippen LogP contribution in [0.25, 0.3) is 0 Å². The molecule has 1 aliphatic carbocycles. The van der Waals surface area contributed by atoms with Crippen molar-refractivity contribution >= 4 is 40.3 Å². The average molecular weight is 303 g/mol. The molecule has 3 rings (SSSR count). The van der Waals surface area contributed by atoms with Crippen LogP contribution in [0.4, 0.5) is 11.4 Å². The molecular formula is C16H15ClN2S. The van der Waals surface area contributed by atoms with Crippen LogP contribution >= 0.6 is 23.8 Å². The number of aryl methyl sites for hydroxylation is 2. The van der Waals surface area contributed by atoms with Crippen LogP contribution in [0.3, 0.4) is 0 Å². The first-order valence-electron chi connectivity index (χ1n) is 6.66. The molecule has 0 fully saturated rings. The van der Waals surface area contributed by atoms with E-state index in [2.05, 4.69) is 28.8 Å². The van der Waals surface area contributed by atoms with E-state index in [0.717, 1.165) is 11.4 Å². The maximum Gasteiger partial charge on any atom is 0.175 e. The maximum absolute atomic E-state index is 5.86. The van der Waals surface area contributed by atoms with Crippen molar-refractivity contribution in [2.24, 2.45) is 0 Å². The average Bonchev–Trinajstić information content (AvgIpc) is 2.89. The number of nitrogens with one attached hydrogen (secondary N) is 2. The molecular weight excluding hydrogens is 288 g/mol. The first kappa shape index (κ1) is 13.4. The molecule has 102 valence electrons. The molecule has 0 amide bonds. The summed E-state index contributed by atoms with van der Waals surface area (Å²) >= 11 is 11.2. The molecule has 0 saturated heterocycles. The molecule has 1 aliphatic rings. The highest BCUT2D eigenvalue weighted by Gasteiger charge is 2.11. The SMILES string of the molecule is S=C(Nc1ccc(Cl)cc1)Nc1ccc2c(c1)CCC2. The van der Waals surface area contributed by atoms with Gasteiger partial charge in [-0.1, -0.05) is 17.7 Å². The number of hydrogen-bond acceptors (Lipinski definition) is 1. The third-order valence-corrected chi connectivity index (χ3v) is 3.91. The Morgan fingerprint density at radius 2 is 1.55 bits per heavy atom. The Kier molecular flexibility index (Phi) is 3.90. The smallest absolute Gasteiger partial charge is 0.175 e. The number of thiocarbonyl (C=S) groups is 1. The predicted molar refractivity (Wildman–Crippen MR) is 89.8 cm³/mol. The Labute approximate surface area is 129 Å². The molecule has 0 unspecified atom stereocenters. The van der Waals surface area contributed by atoms with Gasteiger partial charge in [0.2, 0.25) is 0 Å². The molecule has 0 heterocycles. The largest absolute Gasteiger partial charge is 0.332 e. The zero-order chi connectivity index (χ0) is 13.9. The molecule has 2 nitrogen and oxygen atoms in total. The van der Waals surface area contributed by atoms with Gasteiger partial charge in [-0.15, -0.1) is 0 Å². The topological polar surface area (TPSA) is 24.1 Å². The highest BCUT2D eigenvalue weighted by molar-refractivity contribution is 7.80. The van der Waals surface area contributed by atoms with Gasteiger partial charge in [0, 0.05) is 16.4 Å². The number of fused-ring (bicyclic) bond motifs is 1. The van der Waals surface area contributed by atoms with E-state index in [1.54, 1.807) is 0 Å². The molecule has 0 radical (unpaired) electrons. The Morgan fingerprint density at radius 3 is 2.35 bits per heavy atom. The van der Waals surface area contributed by atoms with Gasteiger partial charge >= 0.3 is 0 Å². The Morgan fingerprint density at radius 1 is 0.900 bits per heavy atom. The lowest BCUT2D eigenvalue weighted by Gasteiger charge is -2.11. The lowest BCUT2D eigenvalue weighted by Crippen LogP contribution is -2.19. The fourth-order valence-electron chi connectivity index (χ4n) is 2.48.